The largest absolute Gasteiger partial charge is 0.303 e. The van der Waals surface area contributed by atoms with E-state index in [-0.39, 0.29) is 12.4 Å². The van der Waals surface area contributed by atoms with Gasteiger partial charge in [-0.05, 0) is 53.6 Å². The lowest BCUT2D eigenvalue weighted by molar-refractivity contribution is 0.251. The molecule has 1 heterocycles. The standard InChI is InChI=1S/C31H41N.ClH/c1-2-3-4-5-6-7-8-9-14-23-32-24-21-28(22-25-32)31-29-17-12-10-15-26(29)19-20-27-16-11-13-18-30(27)31;/h10-13,15-20H,2-9,14,21-25H2,1H3;1H. The Balaban J connectivity index is 0.00000306. The van der Waals surface area contributed by atoms with Gasteiger partial charge in [0.1, 0.15) is 0 Å². The van der Waals surface area contributed by atoms with Crippen molar-refractivity contribution in [3.8, 4) is 0 Å². The summed E-state index contributed by atoms with van der Waals surface area (Å²) < 4.78 is 0. The molecular weight excluding hydrogens is 422 g/mol. The number of unbranched alkanes of at least 4 members (excludes halogenated alkanes) is 8. The van der Waals surface area contributed by atoms with Crippen LogP contribution in [-0.2, 0) is 0 Å². The number of hydrogen-bond acceptors (Lipinski definition) is 1. The highest BCUT2D eigenvalue weighted by molar-refractivity contribution is 5.94. The Morgan fingerprint density at radius 3 is 1.67 bits per heavy atom. The van der Waals surface area contributed by atoms with Crippen LogP contribution in [0.4, 0.5) is 0 Å². The molecule has 0 amide bonds. The van der Waals surface area contributed by atoms with Gasteiger partial charge in [0, 0.05) is 13.1 Å². The van der Waals surface area contributed by atoms with Crippen LogP contribution >= 0.6 is 12.4 Å². The molecule has 0 spiro atoms. The molecule has 4 rings (SSSR count). The van der Waals surface area contributed by atoms with Crippen LogP contribution in [-0.4, -0.2) is 24.5 Å². The zero-order valence-electron chi connectivity index (χ0n) is 20.5. The van der Waals surface area contributed by atoms with Gasteiger partial charge in [0.2, 0.25) is 0 Å². The molecule has 2 aromatic rings. The first kappa shape index (κ1) is 25.8. The molecule has 1 nitrogen and oxygen atoms in total. The Kier molecular flexibility index (Phi) is 10.8. The van der Waals surface area contributed by atoms with Gasteiger partial charge in [-0.1, -0.05) is 125 Å². The zero-order valence-corrected chi connectivity index (χ0v) is 21.3. The summed E-state index contributed by atoms with van der Waals surface area (Å²) >= 11 is 0. The number of nitrogens with zero attached hydrogens (tertiary/aromatic N) is 1. The van der Waals surface area contributed by atoms with Gasteiger partial charge in [-0.2, -0.15) is 0 Å². The van der Waals surface area contributed by atoms with Crippen molar-refractivity contribution in [2.75, 3.05) is 19.6 Å². The van der Waals surface area contributed by atoms with Crippen molar-refractivity contribution < 1.29 is 0 Å². The monoisotopic (exact) mass is 463 g/mol. The highest BCUT2D eigenvalue weighted by atomic mass is 35.5. The third-order valence-electron chi connectivity index (χ3n) is 7.29. The number of piperidine rings is 1. The van der Waals surface area contributed by atoms with Gasteiger partial charge in [-0.3, -0.25) is 0 Å². The van der Waals surface area contributed by atoms with Crippen LogP contribution < -0.4 is 0 Å². The normalized spacial score (nSPS) is 15.5. The van der Waals surface area contributed by atoms with Crippen LogP contribution in [0.2, 0.25) is 0 Å². The number of hydrogen-bond donors (Lipinski definition) is 0. The summed E-state index contributed by atoms with van der Waals surface area (Å²) in [7, 11) is 0. The van der Waals surface area contributed by atoms with Crippen molar-refractivity contribution >= 4 is 30.1 Å². The van der Waals surface area contributed by atoms with E-state index in [2.05, 4.69) is 72.5 Å². The minimum Gasteiger partial charge on any atom is -0.303 e. The number of benzene rings is 2. The van der Waals surface area contributed by atoms with Crippen molar-refractivity contribution in [3.63, 3.8) is 0 Å². The third kappa shape index (κ3) is 7.08. The van der Waals surface area contributed by atoms with E-state index in [0.29, 0.717) is 0 Å². The molecule has 0 radical (unpaired) electrons. The van der Waals surface area contributed by atoms with Crippen molar-refractivity contribution in [1.82, 2.24) is 4.90 Å². The molecule has 0 atom stereocenters. The zero-order chi connectivity index (χ0) is 22.0. The molecule has 0 aromatic heterocycles. The second-order valence-corrected chi connectivity index (χ2v) is 9.66. The Bertz CT molecular complexity index is 865. The highest BCUT2D eigenvalue weighted by Gasteiger charge is 2.22. The number of fused-ring (bicyclic) bond motifs is 2. The van der Waals surface area contributed by atoms with Crippen LogP contribution in [0.5, 0.6) is 0 Å². The maximum absolute atomic E-state index is 2.71. The van der Waals surface area contributed by atoms with E-state index in [4.69, 9.17) is 0 Å². The summed E-state index contributed by atoms with van der Waals surface area (Å²) in [5.41, 5.74) is 8.68. The van der Waals surface area contributed by atoms with Gasteiger partial charge in [0.05, 0.1) is 0 Å². The van der Waals surface area contributed by atoms with E-state index in [1.807, 2.05) is 0 Å². The van der Waals surface area contributed by atoms with Crippen LogP contribution in [0.25, 0.3) is 17.7 Å². The van der Waals surface area contributed by atoms with E-state index in [1.54, 1.807) is 5.57 Å². The fourth-order valence-electron chi connectivity index (χ4n) is 5.39. The first-order valence-electron chi connectivity index (χ1n) is 13.2. The van der Waals surface area contributed by atoms with Crippen LogP contribution in [0.1, 0.15) is 99.8 Å². The SMILES string of the molecule is CCCCCCCCCCCN1CCC(=C2c3ccccc3C=Cc3ccccc32)CC1.Cl. The molecule has 0 N–H and O–H groups in total. The molecule has 178 valence electrons. The molecule has 1 saturated heterocycles. The van der Waals surface area contributed by atoms with Crippen molar-refractivity contribution in [1.29, 1.82) is 0 Å². The van der Waals surface area contributed by atoms with Gasteiger partial charge in [0.25, 0.3) is 0 Å². The summed E-state index contributed by atoms with van der Waals surface area (Å²) in [4.78, 5) is 2.71. The molecule has 0 unspecified atom stereocenters. The Labute approximate surface area is 208 Å². The molecule has 2 heteroatoms. The quantitative estimate of drug-likeness (QED) is 0.271. The number of rotatable bonds is 10. The molecule has 2 aliphatic rings. The van der Waals surface area contributed by atoms with Crippen molar-refractivity contribution in [2.24, 2.45) is 0 Å². The van der Waals surface area contributed by atoms with E-state index < -0.39 is 0 Å². The van der Waals surface area contributed by atoms with Gasteiger partial charge in [-0.25, -0.2) is 0 Å². The minimum atomic E-state index is 0. The molecule has 1 fully saturated rings. The van der Waals surface area contributed by atoms with Gasteiger partial charge in [-0.15, -0.1) is 12.4 Å². The lowest BCUT2D eigenvalue weighted by atomic mass is 9.86. The van der Waals surface area contributed by atoms with Crippen molar-refractivity contribution in [2.45, 2.75) is 77.6 Å². The first-order chi connectivity index (χ1) is 15.9. The van der Waals surface area contributed by atoms with Crippen molar-refractivity contribution in [3.05, 3.63) is 76.4 Å². The second-order valence-electron chi connectivity index (χ2n) is 9.66. The summed E-state index contributed by atoms with van der Waals surface area (Å²) in [5.74, 6) is 0. The topological polar surface area (TPSA) is 3.24 Å². The number of halogens is 1. The molecule has 33 heavy (non-hydrogen) atoms. The molecule has 2 aromatic carbocycles. The summed E-state index contributed by atoms with van der Waals surface area (Å²) in [6.07, 6.45) is 19.7. The maximum atomic E-state index is 2.71. The fourth-order valence-corrected chi connectivity index (χ4v) is 5.39. The van der Waals surface area contributed by atoms with Gasteiger partial charge in [0.15, 0.2) is 0 Å². The number of likely N-dealkylation sites (tertiary alicyclic amines) is 1. The Morgan fingerprint density at radius 1 is 0.636 bits per heavy atom. The molecule has 1 aliphatic heterocycles. The lowest BCUT2D eigenvalue weighted by Crippen LogP contribution is -2.32. The first-order valence-corrected chi connectivity index (χ1v) is 13.2. The van der Waals surface area contributed by atoms with Crippen LogP contribution in [0.3, 0.4) is 0 Å². The van der Waals surface area contributed by atoms with E-state index in [9.17, 15) is 0 Å². The molecule has 0 bridgehead atoms. The smallest absolute Gasteiger partial charge is 0.00190 e. The van der Waals surface area contributed by atoms with E-state index in [1.165, 1.54) is 118 Å². The van der Waals surface area contributed by atoms with Crippen LogP contribution in [0.15, 0.2) is 54.1 Å². The lowest BCUT2D eigenvalue weighted by Gasteiger charge is -2.30. The summed E-state index contributed by atoms with van der Waals surface area (Å²) in [6, 6.07) is 17.9. The molecule has 0 saturated carbocycles. The fraction of sp³-hybridized carbons (Fsp3) is 0.484. The minimum absolute atomic E-state index is 0. The van der Waals surface area contributed by atoms with E-state index >= 15 is 0 Å². The average Bonchev–Trinajstić information content (AvgIpc) is 3.00. The Hall–Kier alpha value is -1.83. The van der Waals surface area contributed by atoms with Crippen LogP contribution in [0, 0.1) is 0 Å². The Morgan fingerprint density at radius 2 is 1.12 bits per heavy atom. The molecular formula is C31H42ClN. The van der Waals surface area contributed by atoms with E-state index in [0.717, 1.165) is 0 Å². The maximum Gasteiger partial charge on any atom is 0.00190 e. The summed E-state index contributed by atoms with van der Waals surface area (Å²) in [5, 5.41) is 0. The third-order valence-corrected chi connectivity index (χ3v) is 7.29. The molecule has 1 aliphatic carbocycles. The second kappa shape index (κ2) is 13.8. The van der Waals surface area contributed by atoms with Gasteiger partial charge >= 0.3 is 0 Å². The van der Waals surface area contributed by atoms with Gasteiger partial charge < -0.3 is 4.90 Å². The summed E-state index contributed by atoms with van der Waals surface area (Å²) in [6.45, 7) is 6.01. The predicted octanol–water partition coefficient (Wildman–Crippen LogP) is 9.02. The average molecular weight is 464 g/mol. The predicted molar refractivity (Wildman–Crippen MR) is 148 cm³/mol. The highest BCUT2D eigenvalue weighted by Crippen LogP contribution is 2.38.